The molecule has 6 heteroatoms. The number of carbonyl (C=O) groups is 1. The first kappa shape index (κ1) is 24.7. The van der Waals surface area contributed by atoms with Crippen LogP contribution >= 0.6 is 0 Å². The minimum atomic E-state index is -0.420. The standard InChI is InChI=1S/C23H30FN3O2.C2H6/c1-16-6-7-19(18-8-9-22(29-5)21(24)13-18)14-27(16)23(28)12-17(2)26-11-10-20(15-26)25(3)4;1-2/h6-9,12-14,16,20H,10-11,15H2,1-5H3;1-2H3/b17-12+;/t16?,20-;/m1./s1. The Bertz CT molecular complexity index is 860. The predicted molar refractivity (Wildman–Crippen MR) is 125 cm³/mol. The molecule has 0 spiro atoms. The van der Waals surface area contributed by atoms with Crippen LogP contribution in [0.2, 0.25) is 0 Å². The minimum absolute atomic E-state index is 0.0634. The van der Waals surface area contributed by atoms with Crippen LogP contribution in [0.5, 0.6) is 5.75 Å². The van der Waals surface area contributed by atoms with Crippen molar-refractivity contribution in [2.24, 2.45) is 0 Å². The van der Waals surface area contributed by atoms with Gasteiger partial charge in [0.15, 0.2) is 11.6 Å². The summed E-state index contributed by atoms with van der Waals surface area (Å²) in [7, 11) is 5.62. The van der Waals surface area contributed by atoms with E-state index in [4.69, 9.17) is 4.74 Å². The van der Waals surface area contributed by atoms with E-state index >= 15 is 0 Å². The Kier molecular flexibility index (Phi) is 8.87. The Morgan fingerprint density at radius 1 is 1.29 bits per heavy atom. The van der Waals surface area contributed by atoms with Gasteiger partial charge in [0.1, 0.15) is 0 Å². The van der Waals surface area contributed by atoms with E-state index in [1.807, 2.05) is 39.8 Å². The molecule has 1 aromatic rings. The van der Waals surface area contributed by atoms with Crippen molar-refractivity contribution in [1.82, 2.24) is 14.7 Å². The number of methoxy groups -OCH3 is 1. The summed E-state index contributed by atoms with van der Waals surface area (Å²) in [5.74, 6) is -0.286. The molecule has 0 bridgehead atoms. The maximum Gasteiger partial charge on any atom is 0.252 e. The molecule has 0 saturated carbocycles. The zero-order chi connectivity index (χ0) is 23.1. The van der Waals surface area contributed by atoms with Crippen molar-refractivity contribution < 1.29 is 13.9 Å². The van der Waals surface area contributed by atoms with E-state index in [2.05, 4.69) is 23.9 Å². The number of nitrogens with zero attached hydrogens (tertiary/aromatic N) is 3. The number of ether oxygens (including phenoxy) is 1. The van der Waals surface area contributed by atoms with Gasteiger partial charge in [0.2, 0.25) is 0 Å². The molecule has 2 atom stereocenters. The Hall–Kier alpha value is -2.60. The summed E-state index contributed by atoms with van der Waals surface area (Å²) >= 11 is 0. The monoisotopic (exact) mass is 429 g/mol. The maximum atomic E-state index is 14.1. The van der Waals surface area contributed by atoms with Crippen molar-refractivity contribution >= 4 is 11.5 Å². The zero-order valence-electron chi connectivity index (χ0n) is 19.9. The van der Waals surface area contributed by atoms with Crippen LogP contribution in [-0.2, 0) is 4.79 Å². The number of carbonyl (C=O) groups excluding carboxylic acids is 1. The molecule has 0 N–H and O–H groups in total. The highest BCUT2D eigenvalue weighted by Crippen LogP contribution is 2.27. The van der Waals surface area contributed by atoms with Crippen LogP contribution in [0.3, 0.4) is 0 Å². The molecular formula is C25H36FN3O2. The first-order valence-electron chi connectivity index (χ1n) is 11.0. The summed E-state index contributed by atoms with van der Waals surface area (Å²) in [5, 5.41) is 0. The molecule has 1 unspecified atom stereocenters. The van der Waals surface area contributed by atoms with E-state index in [0.717, 1.165) is 30.8 Å². The van der Waals surface area contributed by atoms with Crippen LogP contribution in [0.4, 0.5) is 4.39 Å². The van der Waals surface area contributed by atoms with Gasteiger partial charge in [0, 0.05) is 37.1 Å². The molecule has 5 nitrogen and oxygen atoms in total. The number of allylic oxidation sites excluding steroid dienone is 3. The maximum absolute atomic E-state index is 14.1. The van der Waals surface area contributed by atoms with Crippen LogP contribution in [-0.4, -0.2) is 67.0 Å². The van der Waals surface area contributed by atoms with Crippen LogP contribution in [0.15, 0.2) is 48.3 Å². The van der Waals surface area contributed by atoms with Crippen molar-refractivity contribution in [3.05, 3.63) is 59.7 Å². The van der Waals surface area contributed by atoms with Crippen LogP contribution in [0.25, 0.3) is 5.57 Å². The van der Waals surface area contributed by atoms with Crippen molar-refractivity contribution in [2.75, 3.05) is 34.3 Å². The number of likely N-dealkylation sites (N-methyl/N-ethyl adjacent to an activating group) is 1. The highest BCUT2D eigenvalue weighted by atomic mass is 19.1. The highest BCUT2D eigenvalue weighted by Gasteiger charge is 2.25. The van der Waals surface area contributed by atoms with Gasteiger partial charge in [-0.3, -0.25) is 4.79 Å². The van der Waals surface area contributed by atoms with Crippen LogP contribution in [0, 0.1) is 5.82 Å². The number of amides is 1. The van der Waals surface area contributed by atoms with Crippen molar-refractivity contribution in [3.8, 4) is 5.75 Å². The minimum Gasteiger partial charge on any atom is -0.494 e. The zero-order valence-corrected chi connectivity index (χ0v) is 19.9. The van der Waals surface area contributed by atoms with Gasteiger partial charge in [-0.05, 0) is 57.6 Å². The highest BCUT2D eigenvalue weighted by molar-refractivity contribution is 5.91. The molecule has 1 aromatic carbocycles. The van der Waals surface area contributed by atoms with Crippen molar-refractivity contribution in [1.29, 1.82) is 0 Å². The second-order valence-corrected chi connectivity index (χ2v) is 7.92. The fourth-order valence-electron chi connectivity index (χ4n) is 3.76. The Morgan fingerprint density at radius 3 is 2.58 bits per heavy atom. The number of rotatable bonds is 5. The molecule has 1 fully saturated rings. The van der Waals surface area contributed by atoms with E-state index in [9.17, 15) is 9.18 Å². The quantitative estimate of drug-likeness (QED) is 0.645. The van der Waals surface area contributed by atoms with Gasteiger partial charge >= 0.3 is 0 Å². The third kappa shape index (κ3) is 5.97. The normalized spacial score (nSPS) is 21.1. The summed E-state index contributed by atoms with van der Waals surface area (Å²) in [6.07, 6.45) is 8.48. The van der Waals surface area contributed by atoms with Crippen LogP contribution < -0.4 is 4.74 Å². The molecule has 170 valence electrons. The molecular weight excluding hydrogens is 393 g/mol. The predicted octanol–water partition coefficient (Wildman–Crippen LogP) is 4.53. The van der Waals surface area contributed by atoms with E-state index in [-0.39, 0.29) is 17.7 Å². The van der Waals surface area contributed by atoms with Gasteiger partial charge in [0.05, 0.1) is 13.2 Å². The van der Waals surface area contributed by atoms with Gasteiger partial charge in [-0.1, -0.05) is 32.1 Å². The lowest BCUT2D eigenvalue weighted by molar-refractivity contribution is -0.124. The number of hydrogen-bond acceptors (Lipinski definition) is 4. The lowest BCUT2D eigenvalue weighted by Gasteiger charge is -2.28. The average molecular weight is 430 g/mol. The van der Waals surface area contributed by atoms with E-state index in [1.54, 1.807) is 29.3 Å². The van der Waals surface area contributed by atoms with Gasteiger partial charge in [-0.15, -0.1) is 0 Å². The second kappa shape index (κ2) is 11.1. The molecule has 0 aliphatic carbocycles. The SMILES string of the molecule is CC.COc1ccc(C2=CN(C(=O)/C=C(\C)N3CC[C@@H](N(C)C)C3)C(C)C=C2)cc1F. The number of likely N-dealkylation sites (tertiary alicyclic amines) is 1. The second-order valence-electron chi connectivity index (χ2n) is 7.92. The largest absolute Gasteiger partial charge is 0.494 e. The molecule has 3 rings (SSSR count). The summed E-state index contributed by atoms with van der Waals surface area (Å²) in [5.41, 5.74) is 2.47. The Labute approximate surface area is 186 Å². The molecule has 1 amide bonds. The number of benzene rings is 1. The van der Waals surface area contributed by atoms with Gasteiger partial charge < -0.3 is 19.4 Å². The summed E-state index contributed by atoms with van der Waals surface area (Å²) in [4.78, 5) is 19.2. The molecule has 2 aliphatic rings. The van der Waals surface area contributed by atoms with Crippen LogP contribution in [0.1, 0.15) is 39.7 Å². The number of hydrogen-bond donors (Lipinski definition) is 0. The molecule has 31 heavy (non-hydrogen) atoms. The fraction of sp³-hybridized carbons (Fsp3) is 0.480. The smallest absolute Gasteiger partial charge is 0.252 e. The van der Waals surface area contributed by atoms with Gasteiger partial charge in [-0.2, -0.15) is 0 Å². The Balaban J connectivity index is 0.00000166. The summed E-state index contributed by atoms with van der Waals surface area (Å²) < 4.78 is 19.1. The third-order valence-corrected chi connectivity index (χ3v) is 5.74. The molecule has 0 aromatic heterocycles. The molecule has 2 heterocycles. The molecule has 2 aliphatic heterocycles. The van der Waals surface area contributed by atoms with E-state index < -0.39 is 5.82 Å². The first-order valence-corrected chi connectivity index (χ1v) is 11.0. The first-order chi connectivity index (χ1) is 14.8. The topological polar surface area (TPSA) is 36.0 Å². The van der Waals surface area contributed by atoms with E-state index in [0.29, 0.717) is 11.6 Å². The molecule has 1 saturated heterocycles. The Morgan fingerprint density at radius 2 is 2.00 bits per heavy atom. The van der Waals surface area contributed by atoms with Gasteiger partial charge in [0.25, 0.3) is 5.91 Å². The van der Waals surface area contributed by atoms with Gasteiger partial charge in [-0.25, -0.2) is 4.39 Å². The molecule has 0 radical (unpaired) electrons. The average Bonchev–Trinajstić information content (AvgIpc) is 3.26. The third-order valence-electron chi connectivity index (χ3n) is 5.74. The van der Waals surface area contributed by atoms with Crippen molar-refractivity contribution in [2.45, 2.75) is 46.2 Å². The lowest BCUT2D eigenvalue weighted by atomic mass is 10.0. The number of halogens is 1. The lowest BCUT2D eigenvalue weighted by Crippen LogP contribution is -2.35. The van der Waals surface area contributed by atoms with Crippen molar-refractivity contribution in [3.63, 3.8) is 0 Å². The fourth-order valence-corrected chi connectivity index (χ4v) is 3.76. The van der Waals surface area contributed by atoms with E-state index in [1.165, 1.54) is 13.2 Å². The summed E-state index contributed by atoms with van der Waals surface area (Å²) in [6.45, 7) is 9.85. The summed E-state index contributed by atoms with van der Waals surface area (Å²) in [6, 6.07) is 5.28.